The summed E-state index contributed by atoms with van der Waals surface area (Å²) in [7, 11) is 0. The average Bonchev–Trinajstić information content (AvgIpc) is 3.46. The van der Waals surface area contributed by atoms with E-state index in [0.29, 0.717) is 6.61 Å². The average molecular weight is 599 g/mol. The van der Waals surface area contributed by atoms with Gasteiger partial charge in [0, 0.05) is 13.1 Å². The van der Waals surface area contributed by atoms with E-state index < -0.39 is 16.6 Å². The molecular formula is C30H39ClN6O5. The number of esters is 1. The van der Waals surface area contributed by atoms with Gasteiger partial charge < -0.3 is 20.1 Å². The second-order valence-electron chi connectivity index (χ2n) is 10.1. The molecular weight excluding hydrogens is 560 g/mol. The highest BCUT2D eigenvalue weighted by Gasteiger charge is 2.29. The minimum Gasteiger partial charge on any atom is -0.465 e. The van der Waals surface area contributed by atoms with Crippen LogP contribution in [0.15, 0.2) is 48.5 Å². The van der Waals surface area contributed by atoms with Crippen LogP contribution in [0.25, 0.3) is 11.1 Å². The van der Waals surface area contributed by atoms with E-state index in [-0.39, 0.29) is 49.7 Å². The molecule has 0 amide bonds. The van der Waals surface area contributed by atoms with Crippen molar-refractivity contribution < 1.29 is 19.2 Å². The van der Waals surface area contributed by atoms with Crippen molar-refractivity contribution in [2.75, 3.05) is 43.5 Å². The van der Waals surface area contributed by atoms with Crippen LogP contribution in [0.1, 0.15) is 50.7 Å². The van der Waals surface area contributed by atoms with Gasteiger partial charge in [-0.15, -0.1) is 12.4 Å². The molecule has 11 nitrogen and oxygen atoms in total. The van der Waals surface area contributed by atoms with Gasteiger partial charge in [0.1, 0.15) is 6.54 Å². The summed E-state index contributed by atoms with van der Waals surface area (Å²) in [5.74, 6) is -0.968. The van der Waals surface area contributed by atoms with Gasteiger partial charge in [0.25, 0.3) is 0 Å². The van der Waals surface area contributed by atoms with Gasteiger partial charge in [-0.1, -0.05) is 55.8 Å². The maximum absolute atomic E-state index is 12.5. The molecule has 0 bridgehead atoms. The number of unbranched alkanes of at least 4 members (excludes halogenated alkanes) is 1. The number of anilines is 2. The summed E-state index contributed by atoms with van der Waals surface area (Å²) in [6.45, 7) is 7.35. The molecule has 2 heterocycles. The standard InChI is InChI=1S/C30H38N6O5.ClH/c1-3-5-17-41-30-32-28(31)27(36(38)39)29(33-30)35(21-26(37)40-4-2)20-22-11-13-24(14-12-22)25-10-8-9-23(18-25)19-34-15-6-7-16-34;/h8-14,18H,3-7,15-17,19-21H2,1-2H3,(H2,31,32,33);1H. The third-order valence-corrected chi connectivity index (χ3v) is 6.90. The zero-order valence-electron chi connectivity index (χ0n) is 24.2. The number of nitro groups is 1. The quantitative estimate of drug-likeness (QED) is 0.111. The van der Waals surface area contributed by atoms with E-state index in [1.165, 1.54) is 23.3 Å². The highest BCUT2D eigenvalue weighted by molar-refractivity contribution is 5.85. The molecule has 0 radical (unpaired) electrons. The molecule has 0 saturated carbocycles. The lowest BCUT2D eigenvalue weighted by atomic mass is 10.0. The van der Waals surface area contributed by atoms with Gasteiger partial charge in [-0.05, 0) is 67.6 Å². The first-order valence-corrected chi connectivity index (χ1v) is 14.1. The van der Waals surface area contributed by atoms with Crippen LogP contribution in [-0.4, -0.2) is 58.6 Å². The largest absolute Gasteiger partial charge is 0.465 e. The third kappa shape index (κ3) is 8.77. The zero-order valence-corrected chi connectivity index (χ0v) is 25.0. The van der Waals surface area contributed by atoms with Gasteiger partial charge in [0.05, 0.1) is 18.1 Å². The van der Waals surface area contributed by atoms with E-state index in [9.17, 15) is 14.9 Å². The Labute approximate surface area is 252 Å². The first kappa shape index (κ1) is 32.6. The first-order valence-electron chi connectivity index (χ1n) is 14.1. The van der Waals surface area contributed by atoms with Gasteiger partial charge in [0.15, 0.2) is 0 Å². The fourth-order valence-electron chi connectivity index (χ4n) is 4.85. The fourth-order valence-corrected chi connectivity index (χ4v) is 4.85. The number of rotatable bonds is 14. The molecule has 1 fully saturated rings. The topological polar surface area (TPSA) is 137 Å². The molecule has 0 aliphatic carbocycles. The van der Waals surface area contributed by atoms with Gasteiger partial charge in [-0.3, -0.25) is 19.8 Å². The van der Waals surface area contributed by atoms with Crippen molar-refractivity contribution in [3.8, 4) is 17.1 Å². The summed E-state index contributed by atoms with van der Waals surface area (Å²) in [5, 5.41) is 12.0. The Bertz CT molecular complexity index is 1330. The fraction of sp³-hybridized carbons (Fsp3) is 0.433. The number of nitrogens with zero attached hydrogens (tertiary/aromatic N) is 5. The molecule has 2 aromatic carbocycles. The molecule has 1 aliphatic rings. The minimum absolute atomic E-state index is 0. The summed E-state index contributed by atoms with van der Waals surface area (Å²) in [4.78, 5) is 36.1. The number of halogens is 1. The third-order valence-electron chi connectivity index (χ3n) is 6.90. The predicted octanol–water partition coefficient (Wildman–Crippen LogP) is 5.40. The van der Waals surface area contributed by atoms with Crippen LogP contribution < -0.4 is 15.4 Å². The lowest BCUT2D eigenvalue weighted by Gasteiger charge is -2.23. The molecule has 2 N–H and O–H groups in total. The Morgan fingerprint density at radius 1 is 1.07 bits per heavy atom. The second-order valence-corrected chi connectivity index (χ2v) is 10.1. The van der Waals surface area contributed by atoms with Gasteiger partial charge >= 0.3 is 17.7 Å². The van der Waals surface area contributed by atoms with Crippen molar-refractivity contribution in [1.29, 1.82) is 0 Å². The van der Waals surface area contributed by atoms with Crippen LogP contribution in [-0.2, 0) is 22.6 Å². The Balaban J connectivity index is 0.00000484. The van der Waals surface area contributed by atoms with Crippen LogP contribution >= 0.6 is 12.4 Å². The Morgan fingerprint density at radius 2 is 1.81 bits per heavy atom. The number of carbonyl (C=O) groups is 1. The molecule has 0 spiro atoms. The summed E-state index contributed by atoms with van der Waals surface area (Å²) >= 11 is 0. The lowest BCUT2D eigenvalue weighted by molar-refractivity contribution is -0.383. The first-order chi connectivity index (χ1) is 19.9. The van der Waals surface area contributed by atoms with E-state index in [4.69, 9.17) is 15.2 Å². The van der Waals surface area contributed by atoms with Crippen molar-refractivity contribution in [2.45, 2.75) is 52.6 Å². The van der Waals surface area contributed by atoms with E-state index in [1.807, 2.05) is 31.2 Å². The Hall–Kier alpha value is -3.96. The summed E-state index contributed by atoms with van der Waals surface area (Å²) in [6.07, 6.45) is 4.16. The number of likely N-dealkylation sites (tertiary alicyclic amines) is 1. The molecule has 1 aromatic heterocycles. The van der Waals surface area contributed by atoms with Gasteiger partial charge in [0.2, 0.25) is 11.6 Å². The summed E-state index contributed by atoms with van der Waals surface area (Å²) in [5.41, 5.74) is 9.77. The van der Waals surface area contributed by atoms with Crippen LogP contribution in [0.4, 0.5) is 17.3 Å². The minimum atomic E-state index is -0.642. The predicted molar refractivity (Wildman–Crippen MR) is 165 cm³/mol. The number of nitrogens with two attached hydrogens (primary N) is 1. The van der Waals surface area contributed by atoms with Gasteiger partial charge in [-0.25, -0.2) is 0 Å². The molecule has 1 saturated heterocycles. The molecule has 226 valence electrons. The van der Waals surface area contributed by atoms with Crippen LogP contribution in [0, 0.1) is 10.1 Å². The van der Waals surface area contributed by atoms with Crippen molar-refractivity contribution in [1.82, 2.24) is 14.9 Å². The van der Waals surface area contributed by atoms with Crippen molar-refractivity contribution in [3.05, 3.63) is 69.8 Å². The van der Waals surface area contributed by atoms with Crippen LogP contribution in [0.3, 0.4) is 0 Å². The number of carbonyl (C=O) groups excluding carboxylic acids is 1. The van der Waals surface area contributed by atoms with E-state index in [2.05, 4.69) is 39.1 Å². The molecule has 1 aliphatic heterocycles. The number of ether oxygens (including phenoxy) is 2. The molecule has 12 heteroatoms. The Morgan fingerprint density at radius 3 is 2.48 bits per heavy atom. The number of hydrogen-bond acceptors (Lipinski definition) is 10. The molecule has 3 aromatic rings. The highest BCUT2D eigenvalue weighted by Crippen LogP contribution is 2.34. The number of benzene rings is 2. The highest BCUT2D eigenvalue weighted by atomic mass is 35.5. The van der Waals surface area contributed by atoms with E-state index in [1.54, 1.807) is 6.92 Å². The Kier molecular flexibility index (Phi) is 12.3. The van der Waals surface area contributed by atoms with Crippen molar-refractivity contribution in [3.63, 3.8) is 0 Å². The molecule has 0 atom stereocenters. The molecule has 0 unspecified atom stereocenters. The van der Waals surface area contributed by atoms with Gasteiger partial charge in [-0.2, -0.15) is 9.97 Å². The van der Waals surface area contributed by atoms with Crippen LogP contribution in [0.5, 0.6) is 6.01 Å². The van der Waals surface area contributed by atoms with Crippen LogP contribution in [0.2, 0.25) is 0 Å². The van der Waals surface area contributed by atoms with E-state index in [0.717, 1.165) is 49.2 Å². The second kappa shape index (κ2) is 15.9. The number of aromatic nitrogens is 2. The smallest absolute Gasteiger partial charge is 0.353 e. The number of nitrogen functional groups attached to an aromatic ring is 1. The molecule has 42 heavy (non-hydrogen) atoms. The summed E-state index contributed by atoms with van der Waals surface area (Å²) in [6, 6.07) is 16.4. The zero-order chi connectivity index (χ0) is 29.2. The normalized spacial score (nSPS) is 12.9. The SMILES string of the molecule is CCCCOc1nc(N)c([N+](=O)[O-])c(N(CC(=O)OCC)Cc2ccc(-c3cccc(CN4CCCC4)c3)cc2)n1.Cl. The maximum Gasteiger partial charge on any atom is 0.353 e. The lowest BCUT2D eigenvalue weighted by Crippen LogP contribution is -2.32. The number of hydrogen-bond donors (Lipinski definition) is 1. The monoisotopic (exact) mass is 598 g/mol. The molecule has 4 rings (SSSR count). The van der Waals surface area contributed by atoms with E-state index >= 15 is 0 Å². The maximum atomic E-state index is 12.5. The van der Waals surface area contributed by atoms with Crippen molar-refractivity contribution in [2.24, 2.45) is 0 Å². The summed E-state index contributed by atoms with van der Waals surface area (Å²) < 4.78 is 10.7. The van der Waals surface area contributed by atoms with Crippen molar-refractivity contribution >= 4 is 35.7 Å².